The van der Waals surface area contributed by atoms with Crippen molar-refractivity contribution in [1.29, 1.82) is 0 Å². The van der Waals surface area contributed by atoms with Gasteiger partial charge in [0.25, 0.3) is 0 Å². The second kappa shape index (κ2) is 9.00. The monoisotopic (exact) mass is 472 g/mol. The van der Waals surface area contributed by atoms with E-state index in [-0.39, 0.29) is 24.0 Å². The summed E-state index contributed by atoms with van der Waals surface area (Å²) in [7, 11) is 3.63. The molecule has 0 aliphatic heterocycles. The Morgan fingerprint density at radius 1 is 1.27 bits per heavy atom. The maximum absolute atomic E-state index is 6.05. The van der Waals surface area contributed by atoms with E-state index in [0.29, 0.717) is 16.7 Å². The van der Waals surface area contributed by atoms with Gasteiger partial charge in [-0.2, -0.15) is 0 Å². The van der Waals surface area contributed by atoms with Crippen LogP contribution in [-0.4, -0.2) is 17.6 Å². The Labute approximate surface area is 161 Å². The predicted octanol–water partition coefficient (Wildman–Crippen LogP) is 4.19. The Bertz CT molecular complexity index is 651. The van der Waals surface area contributed by atoms with Crippen LogP contribution in [0.25, 0.3) is 0 Å². The molecule has 2 N–H and O–H groups in total. The number of aryl methyl sites for hydroxylation is 1. The summed E-state index contributed by atoms with van der Waals surface area (Å²) < 4.78 is 1.85. The Morgan fingerprint density at radius 3 is 2.45 bits per heavy atom. The summed E-state index contributed by atoms with van der Waals surface area (Å²) in [5.74, 6) is 0.745. The fraction of sp³-hybridized carbons (Fsp3) is 0.357. The van der Waals surface area contributed by atoms with Crippen molar-refractivity contribution in [2.24, 2.45) is 12.0 Å². The van der Waals surface area contributed by atoms with E-state index in [4.69, 9.17) is 23.2 Å². The van der Waals surface area contributed by atoms with Crippen molar-refractivity contribution >= 4 is 64.5 Å². The molecule has 122 valence electrons. The van der Waals surface area contributed by atoms with E-state index in [2.05, 4.69) is 34.7 Å². The second-order valence-electron chi connectivity index (χ2n) is 4.63. The molecule has 0 fully saturated rings. The minimum absolute atomic E-state index is 0. The molecule has 0 saturated carbocycles. The topological polar surface area (TPSA) is 41.4 Å². The summed E-state index contributed by atoms with van der Waals surface area (Å²) in [5.41, 5.74) is 1.000. The van der Waals surface area contributed by atoms with Gasteiger partial charge in [-0.15, -0.1) is 35.3 Å². The number of guanidine groups is 1. The molecule has 2 heterocycles. The van der Waals surface area contributed by atoms with Gasteiger partial charge in [0.15, 0.2) is 5.96 Å². The SMILES string of the molecule is CN=C(NCc1ccc(C)s1)NCc1cc(Cl)c(Cl)n1C.I. The highest BCUT2D eigenvalue weighted by molar-refractivity contribution is 14.0. The van der Waals surface area contributed by atoms with Crippen LogP contribution in [0.5, 0.6) is 0 Å². The summed E-state index contributed by atoms with van der Waals surface area (Å²) >= 11 is 13.8. The molecule has 0 aliphatic carbocycles. The Hall–Kier alpha value is -0.440. The molecule has 2 aromatic heterocycles. The van der Waals surface area contributed by atoms with Crippen LogP contribution in [-0.2, 0) is 20.1 Å². The van der Waals surface area contributed by atoms with E-state index in [1.165, 1.54) is 9.75 Å². The molecule has 2 aromatic rings. The molecule has 0 aliphatic rings. The molecule has 0 spiro atoms. The van der Waals surface area contributed by atoms with Crippen LogP contribution < -0.4 is 10.6 Å². The summed E-state index contributed by atoms with van der Waals surface area (Å²) in [6.45, 7) is 3.46. The normalized spacial score (nSPS) is 11.2. The van der Waals surface area contributed by atoms with Crippen LogP contribution in [0.4, 0.5) is 0 Å². The highest BCUT2D eigenvalue weighted by atomic mass is 127. The lowest BCUT2D eigenvalue weighted by Crippen LogP contribution is -2.36. The van der Waals surface area contributed by atoms with Crippen molar-refractivity contribution in [3.05, 3.63) is 43.8 Å². The zero-order chi connectivity index (χ0) is 15.4. The van der Waals surface area contributed by atoms with Gasteiger partial charge in [-0.3, -0.25) is 4.99 Å². The number of aromatic nitrogens is 1. The van der Waals surface area contributed by atoms with E-state index in [0.717, 1.165) is 18.2 Å². The minimum atomic E-state index is 0. The summed E-state index contributed by atoms with van der Waals surface area (Å²) in [6, 6.07) is 6.09. The second-order valence-corrected chi connectivity index (χ2v) is 6.76. The Kier molecular flexibility index (Phi) is 8.02. The molecule has 0 radical (unpaired) electrons. The Balaban J connectivity index is 0.00000242. The number of aliphatic imine (C=N–C) groups is 1. The highest BCUT2D eigenvalue weighted by Crippen LogP contribution is 2.24. The standard InChI is InChI=1S/C14H18Cl2N4S.HI/c1-9-4-5-11(21-9)8-19-14(17-2)18-7-10-6-12(15)13(16)20(10)3;/h4-6H,7-8H2,1-3H3,(H2,17,18,19);1H. The van der Waals surface area contributed by atoms with Crippen molar-refractivity contribution in [3.63, 3.8) is 0 Å². The highest BCUT2D eigenvalue weighted by Gasteiger charge is 2.09. The number of hydrogen-bond donors (Lipinski definition) is 2. The molecular formula is C14H19Cl2IN4S. The predicted molar refractivity (Wildman–Crippen MR) is 107 cm³/mol. The van der Waals surface area contributed by atoms with Gasteiger partial charge in [0.05, 0.1) is 18.1 Å². The van der Waals surface area contributed by atoms with Crippen molar-refractivity contribution in [2.45, 2.75) is 20.0 Å². The van der Waals surface area contributed by atoms with E-state index in [9.17, 15) is 0 Å². The number of halogens is 3. The minimum Gasteiger partial charge on any atom is -0.352 e. The first-order chi connectivity index (χ1) is 10.0. The first-order valence-corrected chi connectivity index (χ1v) is 8.08. The third-order valence-electron chi connectivity index (χ3n) is 3.10. The average Bonchev–Trinajstić information content (AvgIpc) is 2.98. The average molecular weight is 473 g/mol. The first-order valence-electron chi connectivity index (χ1n) is 6.50. The smallest absolute Gasteiger partial charge is 0.191 e. The fourth-order valence-corrected chi connectivity index (χ4v) is 3.15. The summed E-state index contributed by atoms with van der Waals surface area (Å²) in [6.07, 6.45) is 0. The molecule has 0 saturated heterocycles. The molecular weight excluding hydrogens is 454 g/mol. The van der Waals surface area contributed by atoms with Crippen LogP contribution in [0.15, 0.2) is 23.2 Å². The molecule has 0 aromatic carbocycles. The van der Waals surface area contributed by atoms with Crippen LogP contribution in [0.1, 0.15) is 15.4 Å². The van der Waals surface area contributed by atoms with Crippen molar-refractivity contribution in [1.82, 2.24) is 15.2 Å². The zero-order valence-electron chi connectivity index (χ0n) is 12.6. The maximum Gasteiger partial charge on any atom is 0.191 e. The van der Waals surface area contributed by atoms with E-state index >= 15 is 0 Å². The van der Waals surface area contributed by atoms with Crippen molar-refractivity contribution in [2.75, 3.05) is 7.05 Å². The van der Waals surface area contributed by atoms with Gasteiger partial charge in [0.2, 0.25) is 0 Å². The lowest BCUT2D eigenvalue weighted by atomic mass is 10.4. The van der Waals surface area contributed by atoms with Gasteiger partial charge in [-0.25, -0.2) is 0 Å². The number of nitrogens with zero attached hydrogens (tertiary/aromatic N) is 2. The number of thiophene rings is 1. The van der Waals surface area contributed by atoms with Crippen LogP contribution in [0.3, 0.4) is 0 Å². The maximum atomic E-state index is 6.05. The molecule has 2 rings (SSSR count). The van der Waals surface area contributed by atoms with Crippen molar-refractivity contribution in [3.8, 4) is 0 Å². The molecule has 22 heavy (non-hydrogen) atoms. The number of nitrogens with one attached hydrogen (secondary N) is 2. The number of rotatable bonds is 4. The van der Waals surface area contributed by atoms with Gasteiger partial charge in [0.1, 0.15) is 5.15 Å². The molecule has 0 atom stereocenters. The van der Waals surface area contributed by atoms with Crippen LogP contribution in [0.2, 0.25) is 10.2 Å². The fourth-order valence-electron chi connectivity index (χ4n) is 1.90. The largest absolute Gasteiger partial charge is 0.352 e. The quantitative estimate of drug-likeness (QED) is 0.398. The van der Waals surface area contributed by atoms with Gasteiger partial charge < -0.3 is 15.2 Å². The molecule has 0 amide bonds. The van der Waals surface area contributed by atoms with E-state index in [1.807, 2.05) is 17.7 Å². The lowest BCUT2D eigenvalue weighted by Gasteiger charge is -2.11. The third kappa shape index (κ3) is 5.04. The molecule has 0 unspecified atom stereocenters. The lowest BCUT2D eigenvalue weighted by molar-refractivity contribution is 0.752. The molecule has 8 heteroatoms. The third-order valence-corrected chi connectivity index (χ3v) is 4.95. The van der Waals surface area contributed by atoms with E-state index in [1.54, 1.807) is 18.4 Å². The molecule has 4 nitrogen and oxygen atoms in total. The van der Waals surface area contributed by atoms with Gasteiger partial charge in [-0.05, 0) is 25.1 Å². The summed E-state index contributed by atoms with van der Waals surface area (Å²) in [4.78, 5) is 6.79. The van der Waals surface area contributed by atoms with Gasteiger partial charge in [0, 0.05) is 29.5 Å². The van der Waals surface area contributed by atoms with Gasteiger partial charge in [-0.1, -0.05) is 23.2 Å². The zero-order valence-corrected chi connectivity index (χ0v) is 17.3. The first kappa shape index (κ1) is 19.6. The number of hydrogen-bond acceptors (Lipinski definition) is 2. The van der Waals surface area contributed by atoms with Crippen LogP contribution in [0, 0.1) is 6.92 Å². The molecule has 0 bridgehead atoms. The van der Waals surface area contributed by atoms with Crippen molar-refractivity contribution < 1.29 is 0 Å². The van der Waals surface area contributed by atoms with Crippen LogP contribution >= 0.6 is 58.5 Å². The van der Waals surface area contributed by atoms with E-state index < -0.39 is 0 Å². The summed E-state index contributed by atoms with van der Waals surface area (Å²) in [5, 5.41) is 7.64. The van der Waals surface area contributed by atoms with Gasteiger partial charge >= 0.3 is 0 Å². The Morgan fingerprint density at radius 2 is 1.95 bits per heavy atom.